The Labute approximate surface area is 213 Å². The molecule has 5 rings (SSSR count). The lowest BCUT2D eigenvalue weighted by Crippen LogP contribution is -2.58. The average molecular weight is 491 g/mol. The summed E-state index contributed by atoms with van der Waals surface area (Å²) in [5.41, 5.74) is 5.82. The third kappa shape index (κ3) is 4.80. The first-order chi connectivity index (χ1) is 17.4. The smallest absolute Gasteiger partial charge is 0.409 e. The molecule has 2 fully saturated rings. The molecule has 2 aliphatic rings. The first-order valence-electron chi connectivity index (χ1n) is 13.1. The van der Waals surface area contributed by atoms with E-state index in [1.807, 2.05) is 17.6 Å². The Balaban J connectivity index is 1.34. The van der Waals surface area contributed by atoms with Crippen LogP contribution >= 0.6 is 0 Å². The fourth-order valence-electron chi connectivity index (χ4n) is 5.45. The van der Waals surface area contributed by atoms with Gasteiger partial charge in [0.05, 0.1) is 23.3 Å². The predicted octanol–water partition coefficient (Wildman–Crippen LogP) is 3.81. The van der Waals surface area contributed by atoms with Crippen molar-refractivity contribution in [3.05, 3.63) is 54.4 Å². The number of rotatable bonds is 5. The van der Waals surface area contributed by atoms with E-state index in [1.165, 1.54) is 11.1 Å². The molecule has 1 N–H and O–H groups in total. The second-order valence-electron chi connectivity index (χ2n) is 10.3. The van der Waals surface area contributed by atoms with E-state index in [1.54, 1.807) is 4.90 Å². The number of piperazine rings is 2. The van der Waals surface area contributed by atoms with Gasteiger partial charge >= 0.3 is 6.09 Å². The molecule has 0 unspecified atom stereocenters. The summed E-state index contributed by atoms with van der Waals surface area (Å²) in [5, 5.41) is 8.31. The number of benzene rings is 1. The number of ether oxygens (including phenoxy) is 1. The predicted molar refractivity (Wildman–Crippen MR) is 143 cm³/mol. The molecule has 1 amide bonds. The largest absolute Gasteiger partial charge is 0.450 e. The van der Waals surface area contributed by atoms with E-state index < -0.39 is 0 Å². The summed E-state index contributed by atoms with van der Waals surface area (Å²) in [6.07, 6.45) is 3.73. The van der Waals surface area contributed by atoms with E-state index in [4.69, 9.17) is 4.74 Å². The average Bonchev–Trinajstić information content (AvgIpc) is 3.34. The lowest BCUT2D eigenvalue weighted by atomic mass is 9.88. The summed E-state index contributed by atoms with van der Waals surface area (Å²) in [7, 11) is 0. The van der Waals surface area contributed by atoms with E-state index in [-0.39, 0.29) is 11.6 Å². The number of hydrogen-bond acceptors (Lipinski definition) is 6. The molecule has 36 heavy (non-hydrogen) atoms. The minimum Gasteiger partial charge on any atom is -0.450 e. The Morgan fingerprint density at radius 1 is 1.08 bits per heavy atom. The Bertz CT molecular complexity index is 1200. The zero-order valence-electron chi connectivity index (χ0n) is 21.9. The summed E-state index contributed by atoms with van der Waals surface area (Å²) in [4.78, 5) is 18.7. The quantitative estimate of drug-likeness (QED) is 0.587. The highest BCUT2D eigenvalue weighted by Crippen LogP contribution is 2.31. The van der Waals surface area contributed by atoms with Crippen LogP contribution in [0.15, 0.2) is 48.8 Å². The van der Waals surface area contributed by atoms with Crippen LogP contribution in [0.1, 0.15) is 33.3 Å². The van der Waals surface area contributed by atoms with Gasteiger partial charge in [0, 0.05) is 69.8 Å². The number of hydrogen-bond donors (Lipinski definition) is 1. The van der Waals surface area contributed by atoms with Gasteiger partial charge in [-0.1, -0.05) is 24.3 Å². The summed E-state index contributed by atoms with van der Waals surface area (Å²) in [6, 6.07) is 13.8. The first-order valence-corrected chi connectivity index (χ1v) is 13.1. The molecule has 192 valence electrons. The van der Waals surface area contributed by atoms with Crippen LogP contribution in [0.4, 0.5) is 10.5 Å². The van der Waals surface area contributed by atoms with Crippen molar-refractivity contribution >= 4 is 17.3 Å². The third-order valence-corrected chi connectivity index (χ3v) is 7.65. The van der Waals surface area contributed by atoms with Crippen molar-refractivity contribution in [2.45, 2.75) is 39.3 Å². The van der Waals surface area contributed by atoms with Gasteiger partial charge in [0.15, 0.2) is 0 Å². The second-order valence-corrected chi connectivity index (χ2v) is 10.3. The zero-order chi connectivity index (χ0) is 25.3. The van der Waals surface area contributed by atoms with Gasteiger partial charge in [0.25, 0.3) is 0 Å². The molecule has 1 aromatic carbocycles. The van der Waals surface area contributed by atoms with Crippen LogP contribution in [-0.4, -0.2) is 84.0 Å². The minimum atomic E-state index is -0.223. The van der Waals surface area contributed by atoms with Crippen molar-refractivity contribution in [2.75, 3.05) is 57.3 Å². The monoisotopic (exact) mass is 490 g/mol. The van der Waals surface area contributed by atoms with E-state index in [9.17, 15) is 4.79 Å². The molecule has 2 saturated heterocycles. The first kappa shape index (κ1) is 24.6. The molecule has 0 bridgehead atoms. The van der Waals surface area contributed by atoms with Gasteiger partial charge < -0.3 is 19.9 Å². The number of carbonyl (C=O) groups is 1. The fourth-order valence-corrected chi connectivity index (χ4v) is 5.45. The third-order valence-electron chi connectivity index (χ3n) is 7.65. The second kappa shape index (κ2) is 10.1. The van der Waals surface area contributed by atoms with Crippen molar-refractivity contribution < 1.29 is 9.53 Å². The summed E-state index contributed by atoms with van der Waals surface area (Å²) in [5.74, 6) is 0. The minimum absolute atomic E-state index is 0.0487. The van der Waals surface area contributed by atoms with Gasteiger partial charge in [0.2, 0.25) is 0 Å². The number of nitrogens with zero attached hydrogens (tertiary/aromatic N) is 5. The Morgan fingerprint density at radius 3 is 2.53 bits per heavy atom. The van der Waals surface area contributed by atoms with Crippen LogP contribution in [-0.2, 0) is 10.3 Å². The van der Waals surface area contributed by atoms with Crippen molar-refractivity contribution in [2.24, 2.45) is 0 Å². The number of aromatic nitrogens is 2. The van der Waals surface area contributed by atoms with E-state index in [0.29, 0.717) is 25.7 Å². The Hall–Kier alpha value is -3.10. The lowest BCUT2D eigenvalue weighted by Gasteiger charge is -2.43. The molecule has 8 nitrogen and oxygen atoms in total. The van der Waals surface area contributed by atoms with Crippen LogP contribution < -0.4 is 10.2 Å². The standard InChI is InChI=1S/C28H38N6O2/c1-5-36-27(35)32-16-14-31(15-17-32)25-10-11-30-34-19-23(18-26(25)34)22-6-8-24(9-7-22)28(4)20-33(21(2)3)13-12-29-28/h6-11,18-19,21,29H,5,12-17,20H2,1-4H3/t28-/m0/s1. The van der Waals surface area contributed by atoms with E-state index in [0.717, 1.165) is 49.5 Å². The molecular formula is C28H38N6O2. The normalized spacial score (nSPS) is 21.4. The van der Waals surface area contributed by atoms with E-state index >= 15 is 0 Å². The molecule has 4 heterocycles. The van der Waals surface area contributed by atoms with Gasteiger partial charge in [-0.25, -0.2) is 9.31 Å². The number of amides is 1. The van der Waals surface area contributed by atoms with E-state index in [2.05, 4.69) is 83.6 Å². The van der Waals surface area contributed by atoms with Gasteiger partial charge in [-0.3, -0.25) is 4.90 Å². The maximum atomic E-state index is 12.1. The van der Waals surface area contributed by atoms with Crippen LogP contribution in [0.5, 0.6) is 0 Å². The van der Waals surface area contributed by atoms with Crippen molar-refractivity contribution in [3.8, 4) is 11.1 Å². The van der Waals surface area contributed by atoms with Crippen LogP contribution in [0.25, 0.3) is 16.6 Å². The topological polar surface area (TPSA) is 65.3 Å². The summed E-state index contributed by atoms with van der Waals surface area (Å²) in [6.45, 7) is 15.1. The van der Waals surface area contributed by atoms with Crippen LogP contribution in [0.2, 0.25) is 0 Å². The molecule has 1 atom stereocenters. The summed E-state index contributed by atoms with van der Waals surface area (Å²) < 4.78 is 7.12. The molecular weight excluding hydrogens is 452 g/mol. The number of nitrogens with one attached hydrogen (secondary N) is 1. The van der Waals surface area contributed by atoms with Crippen LogP contribution in [0, 0.1) is 0 Å². The highest BCUT2D eigenvalue weighted by Gasteiger charge is 2.33. The maximum absolute atomic E-state index is 12.1. The Morgan fingerprint density at radius 2 is 1.83 bits per heavy atom. The van der Waals surface area contributed by atoms with Gasteiger partial charge in [0.1, 0.15) is 0 Å². The number of carbonyl (C=O) groups excluding carboxylic acids is 1. The van der Waals surface area contributed by atoms with Crippen LogP contribution in [0.3, 0.4) is 0 Å². The Kier molecular flexibility index (Phi) is 6.90. The van der Waals surface area contributed by atoms with Gasteiger partial charge in [-0.05, 0) is 51.0 Å². The molecule has 3 aromatic rings. The molecule has 0 aliphatic carbocycles. The molecule has 0 spiro atoms. The molecule has 8 heteroatoms. The molecule has 0 radical (unpaired) electrons. The SMILES string of the molecule is CCOC(=O)N1CCN(c2ccnn3cc(-c4ccc([C@]5(C)CN(C(C)C)CCN5)cc4)cc23)CC1. The number of anilines is 1. The zero-order valence-corrected chi connectivity index (χ0v) is 21.9. The van der Waals surface area contributed by atoms with Crippen molar-refractivity contribution in [1.29, 1.82) is 0 Å². The summed E-state index contributed by atoms with van der Waals surface area (Å²) >= 11 is 0. The maximum Gasteiger partial charge on any atom is 0.409 e. The van der Waals surface area contributed by atoms with Gasteiger partial charge in [-0.15, -0.1) is 0 Å². The highest BCUT2D eigenvalue weighted by atomic mass is 16.6. The lowest BCUT2D eigenvalue weighted by molar-refractivity contribution is 0.105. The molecule has 2 aromatic heterocycles. The molecule has 2 aliphatic heterocycles. The molecule has 0 saturated carbocycles. The highest BCUT2D eigenvalue weighted by molar-refractivity contribution is 5.80. The number of fused-ring (bicyclic) bond motifs is 1. The van der Waals surface area contributed by atoms with Crippen molar-refractivity contribution in [3.63, 3.8) is 0 Å². The van der Waals surface area contributed by atoms with Crippen molar-refractivity contribution in [1.82, 2.24) is 24.7 Å². The fraction of sp³-hybridized carbons (Fsp3) is 0.500. The van der Waals surface area contributed by atoms with Gasteiger partial charge in [-0.2, -0.15) is 5.10 Å².